The molecule has 76 valence electrons. The lowest BCUT2D eigenvalue weighted by atomic mass is 10.3. The number of carbonyl (C=O) groups is 1. The summed E-state index contributed by atoms with van der Waals surface area (Å²) in [4.78, 5) is 11.6. The molecule has 3 nitrogen and oxygen atoms in total. The quantitative estimate of drug-likeness (QED) is 0.676. The molecule has 0 spiro atoms. The van der Waals surface area contributed by atoms with Crippen LogP contribution >= 0.6 is 0 Å². The van der Waals surface area contributed by atoms with Gasteiger partial charge in [0.2, 0.25) is 0 Å². The third-order valence-electron chi connectivity index (χ3n) is 2.13. The number of para-hydroxylation sites is 1. The fourth-order valence-electron chi connectivity index (χ4n) is 1.19. The molecule has 0 aromatic heterocycles. The van der Waals surface area contributed by atoms with Crippen LogP contribution in [0.5, 0.6) is 0 Å². The molecule has 0 aliphatic carbocycles. The number of hydrogen-bond acceptors (Lipinski definition) is 2. The molecule has 0 saturated carbocycles. The first-order valence-corrected chi connectivity index (χ1v) is 4.66. The number of nitrogens with zero attached hydrogens (tertiary/aromatic N) is 1. The molecule has 1 amide bonds. The van der Waals surface area contributed by atoms with Gasteiger partial charge in [0.25, 0.3) is 0 Å². The maximum absolute atomic E-state index is 11.6. The SMILES string of the molecule is CCOC(=O)[N+](C)(C)c1ccccc1. The molecule has 0 bridgehead atoms. The van der Waals surface area contributed by atoms with E-state index < -0.39 is 0 Å². The largest absolute Gasteiger partial charge is 0.520 e. The number of carbonyl (C=O) groups excluding carboxylic acids is 1. The molecule has 1 aromatic carbocycles. The Labute approximate surface area is 84.5 Å². The lowest BCUT2D eigenvalue weighted by molar-refractivity contribution is 0.124. The lowest BCUT2D eigenvalue weighted by Gasteiger charge is -2.24. The molecule has 3 heteroatoms. The van der Waals surface area contributed by atoms with Crippen molar-refractivity contribution in [1.29, 1.82) is 0 Å². The molecule has 0 aliphatic heterocycles. The topological polar surface area (TPSA) is 26.3 Å². The van der Waals surface area contributed by atoms with E-state index in [2.05, 4.69) is 0 Å². The molecule has 0 radical (unpaired) electrons. The first-order valence-electron chi connectivity index (χ1n) is 4.66. The van der Waals surface area contributed by atoms with Gasteiger partial charge >= 0.3 is 6.09 Å². The van der Waals surface area contributed by atoms with E-state index in [0.29, 0.717) is 6.61 Å². The van der Waals surface area contributed by atoms with Crippen LogP contribution in [0.2, 0.25) is 0 Å². The van der Waals surface area contributed by atoms with Crippen molar-refractivity contribution < 1.29 is 9.53 Å². The predicted molar refractivity (Wildman–Crippen MR) is 57.1 cm³/mol. The highest BCUT2D eigenvalue weighted by molar-refractivity contribution is 5.81. The Morgan fingerprint density at radius 3 is 2.36 bits per heavy atom. The highest BCUT2D eigenvalue weighted by atomic mass is 16.6. The summed E-state index contributed by atoms with van der Waals surface area (Å²) in [5.74, 6) is 0. The summed E-state index contributed by atoms with van der Waals surface area (Å²) in [5, 5.41) is 0. The van der Waals surface area contributed by atoms with Gasteiger partial charge in [-0.05, 0) is 19.1 Å². The van der Waals surface area contributed by atoms with Gasteiger partial charge < -0.3 is 4.74 Å². The van der Waals surface area contributed by atoms with Crippen LogP contribution in [0, 0.1) is 0 Å². The molecule has 0 heterocycles. The second-order valence-electron chi connectivity index (χ2n) is 3.49. The third kappa shape index (κ3) is 2.12. The molecular formula is C11H16NO2+. The van der Waals surface area contributed by atoms with Crippen molar-refractivity contribution in [2.75, 3.05) is 20.7 Å². The van der Waals surface area contributed by atoms with Crippen molar-refractivity contribution in [2.24, 2.45) is 0 Å². The number of ether oxygens (including phenoxy) is 1. The van der Waals surface area contributed by atoms with Gasteiger partial charge in [-0.2, -0.15) is 9.28 Å². The number of rotatable bonds is 2. The molecule has 0 saturated heterocycles. The van der Waals surface area contributed by atoms with Crippen LogP contribution in [-0.2, 0) is 4.74 Å². The predicted octanol–water partition coefficient (Wildman–Crippen LogP) is 2.41. The van der Waals surface area contributed by atoms with E-state index in [1.165, 1.54) is 0 Å². The summed E-state index contributed by atoms with van der Waals surface area (Å²) in [6, 6.07) is 9.58. The van der Waals surface area contributed by atoms with Crippen LogP contribution in [0.3, 0.4) is 0 Å². The second-order valence-corrected chi connectivity index (χ2v) is 3.49. The van der Waals surface area contributed by atoms with Crippen LogP contribution < -0.4 is 4.48 Å². The first-order chi connectivity index (χ1) is 6.59. The van der Waals surface area contributed by atoms with Gasteiger partial charge in [0.05, 0.1) is 20.7 Å². The standard InChI is InChI=1S/C11H16NO2/c1-4-14-11(13)12(2,3)10-8-6-5-7-9-10/h5-9H,4H2,1-3H3/q+1. The Hall–Kier alpha value is -1.35. The van der Waals surface area contributed by atoms with E-state index in [-0.39, 0.29) is 10.6 Å². The summed E-state index contributed by atoms with van der Waals surface area (Å²) >= 11 is 0. The average molecular weight is 194 g/mol. The molecule has 0 fully saturated rings. The Kier molecular flexibility index (Phi) is 3.25. The van der Waals surface area contributed by atoms with Gasteiger partial charge in [-0.3, -0.25) is 0 Å². The molecule has 1 aromatic rings. The van der Waals surface area contributed by atoms with E-state index in [1.807, 2.05) is 51.4 Å². The van der Waals surface area contributed by atoms with Crippen LogP contribution in [0.25, 0.3) is 0 Å². The summed E-state index contributed by atoms with van der Waals surface area (Å²) in [5.41, 5.74) is 0.922. The highest BCUT2D eigenvalue weighted by Gasteiger charge is 2.30. The van der Waals surface area contributed by atoms with Gasteiger partial charge in [0.1, 0.15) is 5.69 Å². The zero-order valence-electron chi connectivity index (χ0n) is 8.86. The monoisotopic (exact) mass is 194 g/mol. The van der Waals surface area contributed by atoms with Gasteiger partial charge in [-0.15, -0.1) is 0 Å². The van der Waals surface area contributed by atoms with Crippen LogP contribution in [-0.4, -0.2) is 26.8 Å². The van der Waals surface area contributed by atoms with E-state index in [0.717, 1.165) is 5.69 Å². The molecular weight excluding hydrogens is 178 g/mol. The summed E-state index contributed by atoms with van der Waals surface area (Å²) < 4.78 is 5.11. The normalized spacial score (nSPS) is 11.1. The van der Waals surface area contributed by atoms with Crippen LogP contribution in [0.4, 0.5) is 10.5 Å². The zero-order valence-corrected chi connectivity index (χ0v) is 8.86. The molecule has 0 N–H and O–H groups in total. The van der Waals surface area contributed by atoms with Crippen molar-refractivity contribution in [2.45, 2.75) is 6.92 Å². The minimum absolute atomic E-state index is 0.120. The maximum atomic E-state index is 11.6. The van der Waals surface area contributed by atoms with Gasteiger partial charge in [-0.1, -0.05) is 18.2 Å². The van der Waals surface area contributed by atoms with Crippen LogP contribution in [0.1, 0.15) is 6.92 Å². The number of benzene rings is 1. The van der Waals surface area contributed by atoms with E-state index in [9.17, 15) is 4.79 Å². The lowest BCUT2D eigenvalue weighted by Crippen LogP contribution is -2.46. The number of hydrogen-bond donors (Lipinski definition) is 0. The van der Waals surface area contributed by atoms with Crippen molar-refractivity contribution in [3.63, 3.8) is 0 Å². The molecule has 0 aliphatic rings. The van der Waals surface area contributed by atoms with Gasteiger partial charge in [0, 0.05) is 0 Å². The Morgan fingerprint density at radius 2 is 1.86 bits per heavy atom. The number of amides is 1. The van der Waals surface area contributed by atoms with Crippen molar-refractivity contribution in [3.8, 4) is 0 Å². The molecule has 0 atom stereocenters. The Morgan fingerprint density at radius 1 is 1.29 bits per heavy atom. The van der Waals surface area contributed by atoms with Crippen molar-refractivity contribution >= 4 is 11.8 Å². The van der Waals surface area contributed by atoms with E-state index >= 15 is 0 Å². The minimum Gasteiger partial charge on any atom is -0.420 e. The van der Waals surface area contributed by atoms with Crippen molar-refractivity contribution in [3.05, 3.63) is 30.3 Å². The van der Waals surface area contributed by atoms with Crippen LogP contribution in [0.15, 0.2) is 30.3 Å². The summed E-state index contributed by atoms with van der Waals surface area (Å²) in [7, 11) is 3.63. The van der Waals surface area contributed by atoms with Gasteiger partial charge in [0.15, 0.2) is 0 Å². The summed E-state index contributed by atoms with van der Waals surface area (Å²) in [6.07, 6.45) is -0.237. The second kappa shape index (κ2) is 4.24. The fourth-order valence-corrected chi connectivity index (χ4v) is 1.19. The first kappa shape index (κ1) is 10.7. The molecule has 14 heavy (non-hydrogen) atoms. The molecule has 1 rings (SSSR count). The van der Waals surface area contributed by atoms with E-state index in [1.54, 1.807) is 0 Å². The number of quaternary nitrogens is 1. The zero-order chi connectivity index (χ0) is 10.6. The maximum Gasteiger partial charge on any atom is 0.520 e. The third-order valence-corrected chi connectivity index (χ3v) is 2.13. The Bertz CT molecular complexity index is 306. The minimum atomic E-state index is -0.237. The summed E-state index contributed by atoms with van der Waals surface area (Å²) in [6.45, 7) is 2.22. The fraction of sp³-hybridized carbons (Fsp3) is 0.364. The van der Waals surface area contributed by atoms with Crippen molar-refractivity contribution in [1.82, 2.24) is 4.48 Å². The van der Waals surface area contributed by atoms with Gasteiger partial charge in [-0.25, -0.2) is 0 Å². The smallest absolute Gasteiger partial charge is 0.420 e. The van der Waals surface area contributed by atoms with E-state index in [4.69, 9.17) is 4.74 Å². The molecule has 0 unspecified atom stereocenters. The Balaban J connectivity index is 2.90. The highest BCUT2D eigenvalue weighted by Crippen LogP contribution is 2.18. The average Bonchev–Trinajstić information content (AvgIpc) is 2.19.